The summed E-state index contributed by atoms with van der Waals surface area (Å²) in [6, 6.07) is 0. The summed E-state index contributed by atoms with van der Waals surface area (Å²) in [4.78, 5) is 11.4. The summed E-state index contributed by atoms with van der Waals surface area (Å²) in [6.45, 7) is 4.34. The average molecular weight is 221 g/mol. The number of nitrogens with zero attached hydrogens (tertiary/aromatic N) is 2. The zero-order valence-electron chi connectivity index (χ0n) is 10.2. The Hall–Kier alpha value is -1.32. The van der Waals surface area contributed by atoms with Crippen molar-refractivity contribution in [1.29, 1.82) is 0 Å². The fourth-order valence-corrected chi connectivity index (χ4v) is 2.44. The molecule has 1 N–H and O–H groups in total. The Bertz CT molecular complexity index is 397. The summed E-state index contributed by atoms with van der Waals surface area (Å²) in [5.74, 6) is 0.622. The fourth-order valence-electron chi connectivity index (χ4n) is 2.44. The molecular weight excluding hydrogens is 202 g/mol. The van der Waals surface area contributed by atoms with E-state index in [9.17, 15) is 4.79 Å². The van der Waals surface area contributed by atoms with Crippen molar-refractivity contribution in [3.63, 3.8) is 0 Å². The minimum atomic E-state index is -0.0693. The highest BCUT2D eigenvalue weighted by Crippen LogP contribution is 2.31. The van der Waals surface area contributed by atoms with Gasteiger partial charge in [0.2, 0.25) is 5.91 Å². The Morgan fingerprint density at radius 3 is 2.81 bits per heavy atom. The van der Waals surface area contributed by atoms with Crippen LogP contribution in [-0.4, -0.2) is 21.2 Å². The van der Waals surface area contributed by atoms with Crippen LogP contribution in [-0.2, 0) is 18.3 Å². The molecule has 0 aliphatic carbocycles. The van der Waals surface area contributed by atoms with Crippen molar-refractivity contribution in [2.24, 2.45) is 13.0 Å². The van der Waals surface area contributed by atoms with Crippen molar-refractivity contribution in [3.8, 4) is 0 Å². The highest BCUT2D eigenvalue weighted by atomic mass is 16.2. The summed E-state index contributed by atoms with van der Waals surface area (Å²) >= 11 is 0. The zero-order chi connectivity index (χ0) is 11.8. The van der Waals surface area contributed by atoms with Gasteiger partial charge in [0, 0.05) is 25.2 Å². The van der Waals surface area contributed by atoms with E-state index in [1.165, 1.54) is 5.56 Å². The van der Waals surface area contributed by atoms with Crippen LogP contribution >= 0.6 is 0 Å². The molecule has 1 atom stereocenters. The van der Waals surface area contributed by atoms with E-state index in [1.54, 1.807) is 4.68 Å². The van der Waals surface area contributed by atoms with Crippen molar-refractivity contribution >= 4 is 5.91 Å². The van der Waals surface area contributed by atoms with Crippen molar-refractivity contribution in [2.45, 2.75) is 38.6 Å². The molecule has 88 valence electrons. The first-order valence-electron chi connectivity index (χ1n) is 5.80. The van der Waals surface area contributed by atoms with E-state index < -0.39 is 0 Å². The first kappa shape index (κ1) is 11.2. The van der Waals surface area contributed by atoms with Crippen LogP contribution in [0.25, 0.3) is 0 Å². The van der Waals surface area contributed by atoms with Gasteiger partial charge in [-0.3, -0.25) is 9.48 Å². The van der Waals surface area contributed by atoms with E-state index in [2.05, 4.69) is 24.3 Å². The van der Waals surface area contributed by atoms with Gasteiger partial charge in [-0.25, -0.2) is 0 Å². The molecule has 0 aromatic carbocycles. The summed E-state index contributed by atoms with van der Waals surface area (Å²) in [6.07, 6.45) is 6.37. The molecule has 0 saturated carbocycles. The molecule has 1 fully saturated rings. The predicted octanol–water partition coefficient (Wildman–Crippen LogP) is 1.27. The van der Waals surface area contributed by atoms with Crippen LogP contribution in [0.15, 0.2) is 12.4 Å². The lowest BCUT2D eigenvalue weighted by Crippen LogP contribution is -2.48. The van der Waals surface area contributed by atoms with Crippen LogP contribution in [0.5, 0.6) is 0 Å². The molecule has 2 rings (SSSR count). The molecule has 4 nitrogen and oxygen atoms in total. The number of rotatable bonds is 3. The van der Waals surface area contributed by atoms with Crippen LogP contribution in [0, 0.1) is 5.92 Å². The van der Waals surface area contributed by atoms with Crippen molar-refractivity contribution in [2.75, 3.05) is 0 Å². The minimum Gasteiger partial charge on any atom is -0.350 e. The van der Waals surface area contributed by atoms with Gasteiger partial charge in [-0.15, -0.1) is 0 Å². The SMILES string of the molecule is CC(C)C1(Cc2cnn(C)c2)CCC(=O)N1. The van der Waals surface area contributed by atoms with E-state index in [0.29, 0.717) is 12.3 Å². The molecule has 1 aromatic heterocycles. The van der Waals surface area contributed by atoms with E-state index in [0.717, 1.165) is 12.8 Å². The Kier molecular flexibility index (Phi) is 2.74. The molecule has 1 unspecified atom stereocenters. The molecule has 1 aromatic rings. The van der Waals surface area contributed by atoms with Crippen molar-refractivity contribution < 1.29 is 4.79 Å². The van der Waals surface area contributed by atoms with E-state index in [-0.39, 0.29) is 11.4 Å². The van der Waals surface area contributed by atoms with Gasteiger partial charge in [0.05, 0.1) is 6.20 Å². The van der Waals surface area contributed by atoms with Gasteiger partial charge in [-0.05, 0) is 24.3 Å². The highest BCUT2D eigenvalue weighted by Gasteiger charge is 2.40. The summed E-state index contributed by atoms with van der Waals surface area (Å²) < 4.78 is 1.81. The molecule has 1 amide bonds. The maximum Gasteiger partial charge on any atom is 0.220 e. The summed E-state index contributed by atoms with van der Waals surface area (Å²) in [5, 5.41) is 7.32. The summed E-state index contributed by atoms with van der Waals surface area (Å²) in [7, 11) is 1.92. The van der Waals surface area contributed by atoms with Crippen LogP contribution in [0.3, 0.4) is 0 Å². The minimum absolute atomic E-state index is 0.0693. The molecule has 1 saturated heterocycles. The number of nitrogens with one attached hydrogen (secondary N) is 1. The van der Waals surface area contributed by atoms with Gasteiger partial charge in [-0.2, -0.15) is 5.10 Å². The number of hydrogen-bond donors (Lipinski definition) is 1. The maximum atomic E-state index is 11.4. The second kappa shape index (κ2) is 3.92. The largest absolute Gasteiger partial charge is 0.350 e. The fraction of sp³-hybridized carbons (Fsp3) is 0.667. The van der Waals surface area contributed by atoms with Crippen molar-refractivity contribution in [3.05, 3.63) is 18.0 Å². The topological polar surface area (TPSA) is 46.9 Å². The Morgan fingerprint density at radius 2 is 2.38 bits per heavy atom. The van der Waals surface area contributed by atoms with E-state index >= 15 is 0 Å². The molecule has 16 heavy (non-hydrogen) atoms. The molecule has 0 radical (unpaired) electrons. The molecule has 0 spiro atoms. The maximum absolute atomic E-state index is 11.4. The average Bonchev–Trinajstić information content (AvgIpc) is 2.75. The number of amides is 1. The molecular formula is C12H19N3O. The molecule has 2 heterocycles. The second-order valence-corrected chi connectivity index (χ2v) is 5.06. The lowest BCUT2D eigenvalue weighted by molar-refractivity contribution is -0.120. The third-order valence-electron chi connectivity index (χ3n) is 3.57. The van der Waals surface area contributed by atoms with Crippen LogP contribution < -0.4 is 5.32 Å². The van der Waals surface area contributed by atoms with Crippen LogP contribution in [0.4, 0.5) is 0 Å². The molecule has 4 heteroatoms. The lowest BCUT2D eigenvalue weighted by atomic mass is 9.80. The summed E-state index contributed by atoms with van der Waals surface area (Å²) in [5.41, 5.74) is 1.12. The quantitative estimate of drug-likeness (QED) is 0.835. The first-order chi connectivity index (χ1) is 7.52. The van der Waals surface area contributed by atoms with Gasteiger partial charge < -0.3 is 5.32 Å². The molecule has 1 aliphatic heterocycles. The van der Waals surface area contributed by atoms with Gasteiger partial charge in [0.15, 0.2) is 0 Å². The van der Waals surface area contributed by atoms with Gasteiger partial charge in [-0.1, -0.05) is 13.8 Å². The third-order valence-corrected chi connectivity index (χ3v) is 3.57. The standard InChI is InChI=1S/C12H19N3O/c1-9(2)12(5-4-11(16)14-12)6-10-7-13-15(3)8-10/h7-9H,4-6H2,1-3H3,(H,14,16). The number of carbonyl (C=O) groups is 1. The Balaban J connectivity index is 2.18. The van der Waals surface area contributed by atoms with Gasteiger partial charge in [0.25, 0.3) is 0 Å². The third kappa shape index (κ3) is 1.96. The normalized spacial score (nSPS) is 25.1. The monoisotopic (exact) mass is 221 g/mol. The molecule has 1 aliphatic rings. The molecule has 0 bridgehead atoms. The van der Waals surface area contributed by atoms with Crippen LogP contribution in [0.1, 0.15) is 32.3 Å². The number of aryl methyl sites for hydroxylation is 1. The van der Waals surface area contributed by atoms with Gasteiger partial charge in [0.1, 0.15) is 0 Å². The van der Waals surface area contributed by atoms with Gasteiger partial charge >= 0.3 is 0 Å². The Morgan fingerprint density at radius 1 is 1.62 bits per heavy atom. The number of hydrogen-bond acceptors (Lipinski definition) is 2. The first-order valence-corrected chi connectivity index (χ1v) is 5.80. The second-order valence-electron chi connectivity index (χ2n) is 5.06. The Labute approximate surface area is 96.0 Å². The van der Waals surface area contributed by atoms with Crippen molar-refractivity contribution in [1.82, 2.24) is 15.1 Å². The van der Waals surface area contributed by atoms with Crippen LogP contribution in [0.2, 0.25) is 0 Å². The van der Waals surface area contributed by atoms with E-state index in [4.69, 9.17) is 0 Å². The predicted molar refractivity (Wildman–Crippen MR) is 61.9 cm³/mol. The zero-order valence-corrected chi connectivity index (χ0v) is 10.2. The van der Waals surface area contributed by atoms with E-state index in [1.807, 2.05) is 19.4 Å². The smallest absolute Gasteiger partial charge is 0.220 e. The number of aromatic nitrogens is 2. The highest BCUT2D eigenvalue weighted by molar-refractivity contribution is 5.79. The number of carbonyl (C=O) groups excluding carboxylic acids is 1. The lowest BCUT2D eigenvalue weighted by Gasteiger charge is -2.33.